The summed E-state index contributed by atoms with van der Waals surface area (Å²) in [6.07, 6.45) is -0.503. The van der Waals surface area contributed by atoms with E-state index in [0.29, 0.717) is 6.42 Å². The molecule has 0 aliphatic rings. The fourth-order valence-electron chi connectivity index (χ4n) is 11.0. The monoisotopic (exact) mass is 1510 g/mol. The Morgan fingerprint density at radius 2 is 0.566 bits per heavy atom. The summed E-state index contributed by atoms with van der Waals surface area (Å²) in [5, 5.41) is 60.7. The SMILES string of the molecule is CC[C@H](C)[C@H](NC(=O)[C@H](CC(C)C)NC(=O)[C@H](CC(C)C)NC(=O)[C@H](CC(C)C)NC(=O)[C@H](CO)NC(=O)[C@@H](NC(=O)[C@H](CCCN=C(N)N)NC(=O)[C@H](CC(C)C)NC(=O)[C@H](CC(C)C)NC(=O)[C@H](CCC(N)=O)NC(=O)[C@@H](N)CC(C)C)[C@@H](C)CC)C(=O)N[C@@H](CCC(N)=O)C(=O)N[C@@H](CO)C(=O)O. The number of carboxylic acid groups (broad SMARTS) is 1. The van der Waals surface area contributed by atoms with Crippen molar-refractivity contribution in [1.29, 1.82) is 0 Å². The van der Waals surface area contributed by atoms with Gasteiger partial charge in [-0.3, -0.25) is 72.1 Å². The van der Waals surface area contributed by atoms with Gasteiger partial charge in [-0.15, -0.1) is 0 Å². The summed E-state index contributed by atoms with van der Waals surface area (Å²) in [5.41, 5.74) is 28.0. The van der Waals surface area contributed by atoms with Gasteiger partial charge >= 0.3 is 5.97 Å². The van der Waals surface area contributed by atoms with Crippen molar-refractivity contribution in [2.45, 2.75) is 279 Å². The maximum atomic E-state index is 14.6. The second-order valence-corrected chi connectivity index (χ2v) is 29.9. The van der Waals surface area contributed by atoms with Crippen LogP contribution in [0.3, 0.4) is 0 Å². The fourth-order valence-corrected chi connectivity index (χ4v) is 11.0. The number of nitrogens with zero attached hydrogens (tertiary/aromatic N) is 1. The Labute approximate surface area is 623 Å². The van der Waals surface area contributed by atoms with Crippen LogP contribution in [-0.2, 0) is 71.9 Å². The van der Waals surface area contributed by atoms with Crippen molar-refractivity contribution in [2.75, 3.05) is 19.8 Å². The van der Waals surface area contributed by atoms with Gasteiger partial charge in [-0.05, 0) is 112 Å². The zero-order valence-corrected chi connectivity index (χ0v) is 64.9. The molecule has 0 saturated heterocycles. The standard InChI is InChI=1S/C70H128N18O18/c1-17-40(15)55(67(103)79-45(22-24-54(73)92)59(95)86-52(33-90)69(105)106)88-65(101)50(31-39(13)14)83-63(99)48(29-37(9)10)82-64(100)49(30-38(11)12)84-66(102)51(32-89)85-68(104)56(41(16)18-2)87-60(96)43(20-19-25-76-70(74)75)78-61(97)46(27-35(5)6)81-62(98)47(28-36(7)8)80-58(94)44(21-23-53(72)91)77-57(93)42(71)26-34(3)4/h34-52,55-56,89-90H,17-33,71H2,1-16H3,(H2,72,91)(H2,73,92)(H,77,93)(H,78,97)(H,79,103)(H,80,94)(H,81,98)(H,82,100)(H,83,99)(H,84,102)(H,85,104)(H,86,95)(H,87,96)(H,88,101)(H,105,106)(H4,74,75,76)/t40-,41-,42-,43-,44-,45-,46-,47-,48-,49-,50-,51-,52-,55-,56-/m0/s1. The van der Waals surface area contributed by atoms with Crippen molar-refractivity contribution in [1.82, 2.24) is 63.8 Å². The van der Waals surface area contributed by atoms with Crippen molar-refractivity contribution in [3.8, 4) is 0 Å². The number of amides is 14. The first-order valence-corrected chi connectivity index (χ1v) is 36.8. The van der Waals surface area contributed by atoms with Crippen molar-refractivity contribution in [3.05, 3.63) is 0 Å². The first-order chi connectivity index (χ1) is 49.3. The molecular weight excluding hydrogens is 1380 g/mol. The van der Waals surface area contributed by atoms with E-state index in [2.05, 4.69) is 68.8 Å². The molecule has 0 saturated carbocycles. The molecule has 0 radical (unpaired) electrons. The molecule has 0 bridgehead atoms. The number of carbonyl (C=O) groups is 15. The van der Waals surface area contributed by atoms with Gasteiger partial charge in [0.2, 0.25) is 82.7 Å². The van der Waals surface area contributed by atoms with E-state index in [9.17, 15) is 87.2 Å². The van der Waals surface area contributed by atoms with Gasteiger partial charge in [-0.1, -0.05) is 124 Å². The summed E-state index contributed by atoms with van der Waals surface area (Å²) in [7, 11) is 0. The molecule has 0 aromatic carbocycles. The second-order valence-electron chi connectivity index (χ2n) is 29.9. The number of carboxylic acids is 1. The van der Waals surface area contributed by atoms with E-state index in [0.717, 1.165) is 0 Å². The Morgan fingerprint density at radius 1 is 0.321 bits per heavy atom. The molecular formula is C70H128N18O18. The Hall–Kier alpha value is -8.80. The first-order valence-electron chi connectivity index (χ1n) is 36.8. The molecule has 0 aliphatic carbocycles. The highest BCUT2D eigenvalue weighted by Crippen LogP contribution is 2.18. The lowest BCUT2D eigenvalue weighted by atomic mass is 9.95. The van der Waals surface area contributed by atoms with Crippen LogP contribution in [0.4, 0.5) is 0 Å². The lowest BCUT2D eigenvalue weighted by Gasteiger charge is -2.30. The van der Waals surface area contributed by atoms with Gasteiger partial charge in [-0.2, -0.15) is 0 Å². The average molecular weight is 1510 g/mol. The van der Waals surface area contributed by atoms with Crippen molar-refractivity contribution >= 4 is 94.6 Å². The van der Waals surface area contributed by atoms with E-state index in [4.69, 9.17) is 28.7 Å². The Kier molecular flexibility index (Phi) is 45.7. The number of guanidine groups is 1. The number of rotatable bonds is 53. The average Bonchev–Trinajstić information content (AvgIpc) is 0.852. The highest BCUT2D eigenvalue weighted by Gasteiger charge is 2.39. The topological polar surface area (TPSA) is 604 Å². The number of hydrogen-bond acceptors (Lipinski definition) is 19. The molecule has 0 aromatic rings. The Bertz CT molecular complexity index is 2930. The van der Waals surface area contributed by atoms with E-state index < -0.39 is 199 Å². The molecule has 15 atom stereocenters. The van der Waals surface area contributed by atoms with Crippen molar-refractivity contribution in [3.63, 3.8) is 0 Å². The van der Waals surface area contributed by atoms with Crippen LogP contribution in [0.2, 0.25) is 0 Å². The molecule has 0 aliphatic heterocycles. The van der Waals surface area contributed by atoms with Crippen LogP contribution < -0.4 is 92.5 Å². The molecule has 106 heavy (non-hydrogen) atoms. The van der Waals surface area contributed by atoms with Gasteiger partial charge in [0.05, 0.1) is 19.3 Å². The molecule has 0 aromatic heterocycles. The van der Waals surface area contributed by atoms with E-state index in [1.54, 1.807) is 96.9 Å². The van der Waals surface area contributed by atoms with Gasteiger partial charge in [0.15, 0.2) is 5.96 Å². The van der Waals surface area contributed by atoms with Crippen LogP contribution in [0.15, 0.2) is 4.99 Å². The van der Waals surface area contributed by atoms with E-state index in [1.165, 1.54) is 0 Å². The van der Waals surface area contributed by atoms with Gasteiger partial charge in [-0.25, -0.2) is 4.79 Å². The minimum absolute atomic E-state index is 0.00209. The maximum absolute atomic E-state index is 14.6. The second kappa shape index (κ2) is 49.9. The number of nitrogens with two attached hydrogens (primary N) is 5. The molecule has 0 spiro atoms. The number of aliphatic hydroxyl groups excluding tert-OH is 2. The molecule has 0 fully saturated rings. The first kappa shape index (κ1) is 97.2. The number of carbonyl (C=O) groups excluding carboxylic acids is 14. The zero-order valence-electron chi connectivity index (χ0n) is 64.9. The third kappa shape index (κ3) is 38.5. The van der Waals surface area contributed by atoms with Crippen LogP contribution in [0, 0.1) is 47.3 Å². The summed E-state index contributed by atoms with van der Waals surface area (Å²) < 4.78 is 0. The molecule has 36 nitrogen and oxygen atoms in total. The zero-order chi connectivity index (χ0) is 81.6. The molecule has 36 heteroatoms. The normalized spacial score (nSPS) is 15.7. The number of nitrogens with one attached hydrogen (secondary N) is 12. The summed E-state index contributed by atoms with van der Waals surface area (Å²) in [6.45, 7) is 26.0. The minimum atomic E-state index is -1.76. The number of aliphatic hydroxyl groups is 2. The molecule has 606 valence electrons. The van der Waals surface area contributed by atoms with Gasteiger partial charge < -0.3 is 108 Å². The lowest BCUT2D eigenvalue weighted by Crippen LogP contribution is -2.62. The van der Waals surface area contributed by atoms with Crippen LogP contribution in [-0.4, -0.2) is 208 Å². The van der Waals surface area contributed by atoms with Crippen LogP contribution >= 0.6 is 0 Å². The van der Waals surface area contributed by atoms with Gasteiger partial charge in [0, 0.05) is 19.4 Å². The molecule has 0 heterocycles. The van der Waals surface area contributed by atoms with Crippen LogP contribution in [0.5, 0.6) is 0 Å². The summed E-state index contributed by atoms with van der Waals surface area (Å²) in [4.78, 5) is 209. The summed E-state index contributed by atoms with van der Waals surface area (Å²) in [5.74, 6) is -16.6. The third-order valence-electron chi connectivity index (χ3n) is 17.2. The fraction of sp³-hybridized carbons (Fsp3) is 0.771. The molecule has 14 amide bonds. The van der Waals surface area contributed by atoms with Gasteiger partial charge in [0.25, 0.3) is 0 Å². The smallest absolute Gasteiger partial charge is 0.328 e. The predicted molar refractivity (Wildman–Crippen MR) is 395 cm³/mol. The molecule has 0 unspecified atom stereocenters. The quantitative estimate of drug-likeness (QED) is 0.0166. The number of aliphatic carboxylic acids is 1. The Morgan fingerprint density at radius 3 is 0.849 bits per heavy atom. The summed E-state index contributed by atoms with van der Waals surface area (Å²) >= 11 is 0. The minimum Gasteiger partial charge on any atom is -0.480 e. The van der Waals surface area contributed by atoms with E-state index >= 15 is 0 Å². The largest absolute Gasteiger partial charge is 0.480 e. The molecule has 0 rings (SSSR count). The number of aliphatic imine (C=N–C) groups is 1. The summed E-state index contributed by atoms with van der Waals surface area (Å²) in [6, 6.07) is -18.4. The van der Waals surface area contributed by atoms with Gasteiger partial charge in [0.1, 0.15) is 72.5 Å². The van der Waals surface area contributed by atoms with Crippen LogP contribution in [0.25, 0.3) is 0 Å². The number of primary amides is 2. The lowest BCUT2D eigenvalue weighted by molar-refractivity contribution is -0.143. The van der Waals surface area contributed by atoms with Crippen molar-refractivity contribution in [2.24, 2.45) is 81.0 Å². The number of hydrogen-bond donors (Lipinski definition) is 20. The predicted octanol–water partition coefficient (Wildman–Crippen LogP) is -2.85. The maximum Gasteiger partial charge on any atom is 0.328 e. The van der Waals surface area contributed by atoms with Crippen molar-refractivity contribution < 1.29 is 87.2 Å². The highest BCUT2D eigenvalue weighted by molar-refractivity contribution is 6.00. The molecule has 25 N–H and O–H groups in total. The highest BCUT2D eigenvalue weighted by atomic mass is 16.4. The van der Waals surface area contributed by atoms with Crippen LogP contribution in [0.1, 0.15) is 201 Å². The third-order valence-corrected chi connectivity index (χ3v) is 17.2. The van der Waals surface area contributed by atoms with E-state index in [-0.39, 0.29) is 125 Å². The Balaban J connectivity index is 7.13. The van der Waals surface area contributed by atoms with E-state index in [1.807, 2.05) is 13.8 Å².